The standard InChI is InChI=1S/C28H27Cl2NO4/c1-28(17-20-3-2-4-24(30)15-20)13-11-21-16-22(7-10-25(21)35-28)27(34)31(18-26(32)33)14-12-19-5-8-23(29)9-6-19/h2-10,15-16H,11-14,17-18H2,1H3,(H,32,33). The minimum absolute atomic E-state index is 0.290. The first-order valence-corrected chi connectivity index (χ1v) is 12.3. The molecule has 1 amide bonds. The van der Waals surface area contributed by atoms with Crippen molar-refractivity contribution in [1.29, 1.82) is 0 Å². The van der Waals surface area contributed by atoms with Crippen molar-refractivity contribution in [2.45, 2.75) is 38.2 Å². The number of carbonyl (C=O) groups is 2. The predicted molar refractivity (Wildman–Crippen MR) is 138 cm³/mol. The summed E-state index contributed by atoms with van der Waals surface area (Å²) < 4.78 is 6.37. The number of nitrogens with zero attached hydrogens (tertiary/aromatic N) is 1. The number of hydrogen-bond donors (Lipinski definition) is 1. The molecule has 0 saturated carbocycles. The number of carboxylic acid groups (broad SMARTS) is 1. The van der Waals surface area contributed by atoms with Gasteiger partial charge >= 0.3 is 5.97 Å². The van der Waals surface area contributed by atoms with Gasteiger partial charge < -0.3 is 14.7 Å². The van der Waals surface area contributed by atoms with Crippen LogP contribution in [-0.4, -0.2) is 40.6 Å². The number of carbonyl (C=O) groups excluding carboxylic acids is 1. The maximum Gasteiger partial charge on any atom is 0.323 e. The fraction of sp³-hybridized carbons (Fsp3) is 0.286. The number of aryl methyl sites for hydroxylation is 1. The Morgan fingerprint density at radius 3 is 2.49 bits per heavy atom. The number of benzene rings is 3. The smallest absolute Gasteiger partial charge is 0.323 e. The lowest BCUT2D eigenvalue weighted by Crippen LogP contribution is -2.39. The van der Waals surface area contributed by atoms with Gasteiger partial charge in [0.25, 0.3) is 5.91 Å². The normalized spacial score (nSPS) is 16.8. The highest BCUT2D eigenvalue weighted by Crippen LogP contribution is 2.36. The second-order valence-electron chi connectivity index (χ2n) is 9.18. The lowest BCUT2D eigenvalue weighted by Gasteiger charge is -2.36. The van der Waals surface area contributed by atoms with Crippen molar-refractivity contribution in [2.24, 2.45) is 0 Å². The van der Waals surface area contributed by atoms with Gasteiger partial charge in [0.1, 0.15) is 17.9 Å². The van der Waals surface area contributed by atoms with E-state index in [0.717, 1.165) is 41.7 Å². The van der Waals surface area contributed by atoms with E-state index in [-0.39, 0.29) is 24.6 Å². The predicted octanol–water partition coefficient (Wildman–Crippen LogP) is 6.09. The van der Waals surface area contributed by atoms with Crippen LogP contribution in [0.1, 0.15) is 40.4 Å². The molecule has 5 nitrogen and oxygen atoms in total. The van der Waals surface area contributed by atoms with Crippen LogP contribution in [0.2, 0.25) is 10.0 Å². The van der Waals surface area contributed by atoms with E-state index in [1.54, 1.807) is 18.2 Å². The second-order valence-corrected chi connectivity index (χ2v) is 10.1. The minimum Gasteiger partial charge on any atom is -0.487 e. The van der Waals surface area contributed by atoms with E-state index in [4.69, 9.17) is 27.9 Å². The number of ether oxygens (including phenoxy) is 1. The van der Waals surface area contributed by atoms with Crippen molar-refractivity contribution in [3.05, 3.63) is 99.0 Å². The Morgan fingerprint density at radius 1 is 1.00 bits per heavy atom. The summed E-state index contributed by atoms with van der Waals surface area (Å²) >= 11 is 12.1. The van der Waals surface area contributed by atoms with Crippen molar-refractivity contribution in [3.8, 4) is 5.75 Å². The van der Waals surface area contributed by atoms with E-state index in [1.165, 1.54) is 4.90 Å². The van der Waals surface area contributed by atoms with E-state index in [2.05, 4.69) is 6.92 Å². The zero-order valence-electron chi connectivity index (χ0n) is 19.5. The van der Waals surface area contributed by atoms with Crippen molar-refractivity contribution in [2.75, 3.05) is 13.1 Å². The van der Waals surface area contributed by atoms with Crippen molar-refractivity contribution >= 4 is 35.1 Å². The van der Waals surface area contributed by atoms with E-state index in [1.807, 2.05) is 48.5 Å². The van der Waals surface area contributed by atoms with Gasteiger partial charge in [0.2, 0.25) is 0 Å². The van der Waals surface area contributed by atoms with Gasteiger partial charge in [-0.15, -0.1) is 0 Å². The van der Waals surface area contributed by atoms with Gasteiger partial charge in [0.15, 0.2) is 0 Å². The van der Waals surface area contributed by atoms with Gasteiger partial charge in [-0.1, -0.05) is 47.5 Å². The summed E-state index contributed by atoms with van der Waals surface area (Å²) in [5.41, 5.74) is 3.13. The molecule has 1 N–H and O–H groups in total. The number of amides is 1. The molecule has 3 aromatic carbocycles. The third-order valence-electron chi connectivity index (χ3n) is 6.25. The molecule has 0 radical (unpaired) electrons. The Morgan fingerprint density at radius 2 is 1.77 bits per heavy atom. The van der Waals surface area contributed by atoms with Crippen LogP contribution in [-0.2, 0) is 24.1 Å². The molecular formula is C28H27Cl2NO4. The molecule has 0 saturated heterocycles. The fourth-order valence-electron chi connectivity index (χ4n) is 4.44. The summed E-state index contributed by atoms with van der Waals surface area (Å²) in [6.07, 6.45) is 2.81. The van der Waals surface area contributed by atoms with Crippen LogP contribution in [0.3, 0.4) is 0 Å². The van der Waals surface area contributed by atoms with Crippen molar-refractivity contribution < 1.29 is 19.4 Å². The van der Waals surface area contributed by atoms with E-state index in [0.29, 0.717) is 22.0 Å². The Hall–Kier alpha value is -3.02. The molecule has 1 aliphatic rings. The molecule has 0 aliphatic carbocycles. The van der Waals surface area contributed by atoms with Gasteiger partial charge in [0, 0.05) is 28.6 Å². The number of hydrogen-bond acceptors (Lipinski definition) is 3. The Kier molecular flexibility index (Phi) is 7.68. The van der Waals surface area contributed by atoms with E-state index >= 15 is 0 Å². The summed E-state index contributed by atoms with van der Waals surface area (Å²) in [5, 5.41) is 10.7. The minimum atomic E-state index is -1.05. The van der Waals surface area contributed by atoms with E-state index < -0.39 is 5.97 Å². The summed E-state index contributed by atoms with van der Waals surface area (Å²) in [6.45, 7) is 2.01. The van der Waals surface area contributed by atoms with Gasteiger partial charge in [0.05, 0.1) is 0 Å². The number of fused-ring (bicyclic) bond motifs is 1. The first-order valence-electron chi connectivity index (χ1n) is 11.5. The van der Waals surface area contributed by atoms with Crippen LogP contribution in [0.25, 0.3) is 0 Å². The number of halogens is 2. The van der Waals surface area contributed by atoms with Crippen LogP contribution in [0.15, 0.2) is 66.7 Å². The van der Waals surface area contributed by atoms with E-state index in [9.17, 15) is 14.7 Å². The molecule has 1 unspecified atom stereocenters. The van der Waals surface area contributed by atoms with Crippen molar-refractivity contribution in [1.82, 2.24) is 4.90 Å². The Bertz CT molecular complexity index is 1230. The second kappa shape index (κ2) is 10.7. The van der Waals surface area contributed by atoms with Gasteiger partial charge in [-0.3, -0.25) is 9.59 Å². The third-order valence-corrected chi connectivity index (χ3v) is 6.74. The molecule has 35 heavy (non-hydrogen) atoms. The van der Waals surface area contributed by atoms with Crippen LogP contribution < -0.4 is 4.74 Å². The molecular weight excluding hydrogens is 485 g/mol. The van der Waals surface area contributed by atoms with Gasteiger partial charge in [-0.05, 0) is 85.3 Å². The summed E-state index contributed by atoms with van der Waals surface area (Å²) in [6, 6.07) is 20.5. The molecule has 7 heteroatoms. The zero-order chi connectivity index (χ0) is 25.0. The highest BCUT2D eigenvalue weighted by Gasteiger charge is 2.32. The molecule has 4 rings (SSSR count). The summed E-state index contributed by atoms with van der Waals surface area (Å²) in [4.78, 5) is 26.0. The lowest BCUT2D eigenvalue weighted by molar-refractivity contribution is -0.137. The summed E-state index contributed by atoms with van der Waals surface area (Å²) in [7, 11) is 0. The number of aliphatic carboxylic acids is 1. The quantitative estimate of drug-likeness (QED) is 0.397. The fourth-order valence-corrected chi connectivity index (χ4v) is 4.78. The SMILES string of the molecule is CC1(Cc2cccc(Cl)c2)CCc2cc(C(=O)N(CCc3ccc(Cl)cc3)CC(=O)O)ccc2O1. The van der Waals surface area contributed by atoms with Gasteiger partial charge in [-0.2, -0.15) is 0 Å². The molecule has 1 atom stereocenters. The monoisotopic (exact) mass is 511 g/mol. The molecule has 0 fully saturated rings. The zero-order valence-corrected chi connectivity index (χ0v) is 21.0. The lowest BCUT2D eigenvalue weighted by atomic mass is 9.87. The molecule has 1 aliphatic heterocycles. The topological polar surface area (TPSA) is 66.8 Å². The summed E-state index contributed by atoms with van der Waals surface area (Å²) in [5.74, 6) is -0.604. The van der Waals surface area contributed by atoms with Crippen LogP contribution in [0, 0.1) is 0 Å². The van der Waals surface area contributed by atoms with Crippen LogP contribution in [0.4, 0.5) is 0 Å². The van der Waals surface area contributed by atoms with Crippen molar-refractivity contribution in [3.63, 3.8) is 0 Å². The Balaban J connectivity index is 1.47. The maximum atomic E-state index is 13.2. The average Bonchev–Trinajstić information content (AvgIpc) is 2.81. The molecule has 182 valence electrons. The maximum absolute atomic E-state index is 13.2. The third kappa shape index (κ3) is 6.56. The first kappa shape index (κ1) is 25.1. The molecule has 0 spiro atoms. The molecule has 0 aromatic heterocycles. The molecule has 0 bridgehead atoms. The van der Waals surface area contributed by atoms with Crippen LogP contribution >= 0.6 is 23.2 Å². The first-order chi connectivity index (χ1) is 16.7. The molecule has 3 aromatic rings. The van der Waals surface area contributed by atoms with Crippen LogP contribution in [0.5, 0.6) is 5.75 Å². The number of carboxylic acids is 1. The highest BCUT2D eigenvalue weighted by atomic mass is 35.5. The highest BCUT2D eigenvalue weighted by molar-refractivity contribution is 6.30. The average molecular weight is 512 g/mol. The number of rotatable bonds is 8. The largest absolute Gasteiger partial charge is 0.487 e. The Labute approximate surface area is 215 Å². The van der Waals surface area contributed by atoms with Gasteiger partial charge in [-0.25, -0.2) is 0 Å². The molecule has 1 heterocycles.